The zero-order chi connectivity index (χ0) is 20.0. The molecule has 158 valence electrons. The van der Waals surface area contributed by atoms with Crippen molar-refractivity contribution < 1.29 is 9.53 Å². The summed E-state index contributed by atoms with van der Waals surface area (Å²) >= 11 is 0. The normalized spacial score (nSPS) is 18.1. The SMILES string of the molecule is CCCCCCCc1ccc(C(CCCCC)C(=O)CC2CCCCO2)cc1. The molecule has 2 heteroatoms. The van der Waals surface area contributed by atoms with Gasteiger partial charge in [0.25, 0.3) is 0 Å². The third-order valence-corrected chi connectivity index (χ3v) is 6.14. The first kappa shape index (κ1) is 23.1. The molecule has 1 aromatic carbocycles. The molecule has 0 bridgehead atoms. The Kier molecular flexibility index (Phi) is 11.5. The first-order valence-corrected chi connectivity index (χ1v) is 12.0. The number of Topliss-reactive ketones (excluding diaryl/α,β-unsaturated/α-hetero) is 1. The monoisotopic (exact) mass is 386 g/mol. The highest BCUT2D eigenvalue weighted by Gasteiger charge is 2.25. The summed E-state index contributed by atoms with van der Waals surface area (Å²) in [5, 5.41) is 0. The summed E-state index contributed by atoms with van der Waals surface area (Å²) in [6, 6.07) is 8.95. The maximum Gasteiger partial charge on any atom is 0.142 e. The van der Waals surface area contributed by atoms with Crippen LogP contribution in [0.1, 0.15) is 114 Å². The van der Waals surface area contributed by atoms with E-state index in [1.807, 2.05) is 0 Å². The Hall–Kier alpha value is -1.15. The number of carbonyl (C=O) groups excluding carboxylic acids is 1. The molecule has 0 amide bonds. The molecule has 1 aromatic rings. The van der Waals surface area contributed by atoms with Crippen LogP contribution in [0.4, 0.5) is 0 Å². The molecule has 0 spiro atoms. The van der Waals surface area contributed by atoms with Crippen molar-refractivity contribution in [1.82, 2.24) is 0 Å². The average Bonchev–Trinajstić information content (AvgIpc) is 2.72. The van der Waals surface area contributed by atoms with Crippen LogP contribution in [0.3, 0.4) is 0 Å². The van der Waals surface area contributed by atoms with E-state index in [2.05, 4.69) is 38.1 Å². The van der Waals surface area contributed by atoms with Crippen LogP contribution in [0, 0.1) is 0 Å². The summed E-state index contributed by atoms with van der Waals surface area (Å²) in [6.07, 6.45) is 16.4. The zero-order valence-corrected chi connectivity index (χ0v) is 18.4. The molecule has 28 heavy (non-hydrogen) atoms. The van der Waals surface area contributed by atoms with Gasteiger partial charge in [-0.2, -0.15) is 0 Å². The van der Waals surface area contributed by atoms with Crippen LogP contribution in [0.25, 0.3) is 0 Å². The van der Waals surface area contributed by atoms with Crippen molar-refractivity contribution in [3.63, 3.8) is 0 Å². The van der Waals surface area contributed by atoms with Gasteiger partial charge in [0, 0.05) is 18.9 Å². The highest BCUT2D eigenvalue weighted by molar-refractivity contribution is 5.86. The number of hydrogen-bond donors (Lipinski definition) is 0. The largest absolute Gasteiger partial charge is 0.378 e. The van der Waals surface area contributed by atoms with E-state index in [1.54, 1.807) is 0 Å². The van der Waals surface area contributed by atoms with Gasteiger partial charge in [0.15, 0.2) is 0 Å². The van der Waals surface area contributed by atoms with Gasteiger partial charge in [-0.05, 0) is 49.7 Å². The summed E-state index contributed by atoms with van der Waals surface area (Å²) < 4.78 is 5.83. The summed E-state index contributed by atoms with van der Waals surface area (Å²) in [4.78, 5) is 13.1. The maximum atomic E-state index is 13.1. The van der Waals surface area contributed by atoms with E-state index in [1.165, 1.54) is 62.5 Å². The highest BCUT2D eigenvalue weighted by Crippen LogP contribution is 2.28. The fraction of sp³-hybridized carbons (Fsp3) is 0.731. The topological polar surface area (TPSA) is 26.3 Å². The Labute approximate surface area is 173 Å². The summed E-state index contributed by atoms with van der Waals surface area (Å²) in [5.41, 5.74) is 2.63. The Balaban J connectivity index is 1.92. The van der Waals surface area contributed by atoms with Gasteiger partial charge in [0.05, 0.1) is 6.10 Å². The van der Waals surface area contributed by atoms with E-state index < -0.39 is 0 Å². The molecule has 1 aliphatic heterocycles. The molecule has 2 atom stereocenters. The van der Waals surface area contributed by atoms with Crippen LogP contribution in [-0.2, 0) is 16.0 Å². The van der Waals surface area contributed by atoms with Gasteiger partial charge < -0.3 is 4.74 Å². The summed E-state index contributed by atoms with van der Waals surface area (Å²) in [7, 11) is 0. The molecular weight excluding hydrogens is 344 g/mol. The van der Waals surface area contributed by atoms with E-state index >= 15 is 0 Å². The van der Waals surface area contributed by atoms with Gasteiger partial charge in [0.2, 0.25) is 0 Å². The molecule has 0 radical (unpaired) electrons. The van der Waals surface area contributed by atoms with Gasteiger partial charge in [0.1, 0.15) is 5.78 Å². The van der Waals surface area contributed by atoms with Crippen molar-refractivity contribution in [2.45, 2.75) is 116 Å². The number of rotatable bonds is 14. The van der Waals surface area contributed by atoms with Crippen LogP contribution in [0.5, 0.6) is 0 Å². The van der Waals surface area contributed by atoms with Crippen molar-refractivity contribution >= 4 is 5.78 Å². The Morgan fingerprint density at radius 3 is 2.36 bits per heavy atom. The predicted molar refractivity (Wildman–Crippen MR) is 119 cm³/mol. The lowest BCUT2D eigenvalue weighted by atomic mass is 9.86. The molecule has 0 aromatic heterocycles. The van der Waals surface area contributed by atoms with Crippen molar-refractivity contribution in [3.8, 4) is 0 Å². The first-order chi connectivity index (χ1) is 13.7. The number of hydrogen-bond acceptors (Lipinski definition) is 2. The minimum atomic E-state index is 0.0516. The smallest absolute Gasteiger partial charge is 0.142 e. The Morgan fingerprint density at radius 2 is 1.68 bits per heavy atom. The molecular formula is C26H42O2. The van der Waals surface area contributed by atoms with Gasteiger partial charge >= 0.3 is 0 Å². The van der Waals surface area contributed by atoms with Crippen molar-refractivity contribution in [1.29, 1.82) is 0 Å². The maximum absolute atomic E-state index is 13.1. The molecule has 0 aliphatic carbocycles. The molecule has 1 heterocycles. The minimum absolute atomic E-state index is 0.0516. The lowest BCUT2D eigenvalue weighted by Crippen LogP contribution is -2.25. The summed E-state index contributed by atoms with van der Waals surface area (Å²) in [6.45, 7) is 5.31. The lowest BCUT2D eigenvalue weighted by molar-refractivity contribution is -0.124. The van der Waals surface area contributed by atoms with E-state index in [9.17, 15) is 4.79 Å². The Morgan fingerprint density at radius 1 is 0.964 bits per heavy atom. The molecule has 1 aliphatic rings. The molecule has 1 fully saturated rings. The number of ether oxygens (including phenoxy) is 1. The van der Waals surface area contributed by atoms with Crippen molar-refractivity contribution in [2.24, 2.45) is 0 Å². The van der Waals surface area contributed by atoms with Crippen LogP contribution in [0.15, 0.2) is 24.3 Å². The van der Waals surface area contributed by atoms with Crippen molar-refractivity contribution in [3.05, 3.63) is 35.4 Å². The second-order valence-electron chi connectivity index (χ2n) is 8.61. The van der Waals surface area contributed by atoms with Gasteiger partial charge in [-0.1, -0.05) is 83.1 Å². The summed E-state index contributed by atoms with van der Waals surface area (Å²) in [5.74, 6) is 0.436. The average molecular weight is 387 g/mol. The third kappa shape index (κ3) is 8.47. The van der Waals surface area contributed by atoms with E-state index in [0.717, 1.165) is 38.7 Å². The van der Waals surface area contributed by atoms with Crippen LogP contribution in [0.2, 0.25) is 0 Å². The second kappa shape index (κ2) is 13.9. The highest BCUT2D eigenvalue weighted by atomic mass is 16.5. The fourth-order valence-electron chi connectivity index (χ4n) is 4.30. The van der Waals surface area contributed by atoms with Gasteiger partial charge in [-0.3, -0.25) is 4.79 Å². The lowest BCUT2D eigenvalue weighted by Gasteiger charge is -2.24. The predicted octanol–water partition coefficient (Wildman–Crippen LogP) is 7.39. The first-order valence-electron chi connectivity index (χ1n) is 12.0. The molecule has 2 rings (SSSR count). The molecule has 2 unspecified atom stereocenters. The zero-order valence-electron chi connectivity index (χ0n) is 18.4. The molecule has 1 saturated heterocycles. The molecule has 0 saturated carbocycles. The van der Waals surface area contributed by atoms with E-state index in [4.69, 9.17) is 4.74 Å². The quantitative estimate of drug-likeness (QED) is 0.311. The number of carbonyl (C=O) groups is 1. The van der Waals surface area contributed by atoms with Crippen LogP contribution < -0.4 is 0 Å². The fourth-order valence-corrected chi connectivity index (χ4v) is 4.30. The van der Waals surface area contributed by atoms with E-state index in [-0.39, 0.29) is 12.0 Å². The number of benzene rings is 1. The Bertz CT molecular complexity index is 528. The second-order valence-corrected chi connectivity index (χ2v) is 8.61. The standard InChI is InChI=1S/C26H42O2/c1-3-5-7-8-10-13-22-16-18-23(19-17-22)25(15-9-6-4-2)26(27)21-24-14-11-12-20-28-24/h16-19,24-25H,3-15,20-21H2,1-2H3. The van der Waals surface area contributed by atoms with Gasteiger partial charge in [-0.25, -0.2) is 0 Å². The molecule has 0 N–H and O–H groups in total. The van der Waals surface area contributed by atoms with Crippen molar-refractivity contribution in [2.75, 3.05) is 6.61 Å². The molecule has 2 nitrogen and oxygen atoms in total. The minimum Gasteiger partial charge on any atom is -0.378 e. The van der Waals surface area contributed by atoms with Gasteiger partial charge in [-0.15, -0.1) is 0 Å². The number of unbranched alkanes of at least 4 members (excludes halogenated alkanes) is 6. The number of aryl methyl sites for hydroxylation is 1. The van der Waals surface area contributed by atoms with Crippen LogP contribution in [-0.4, -0.2) is 18.5 Å². The van der Waals surface area contributed by atoms with Crippen LogP contribution >= 0.6 is 0 Å². The number of ketones is 1. The van der Waals surface area contributed by atoms with E-state index in [0.29, 0.717) is 12.2 Å². The third-order valence-electron chi connectivity index (χ3n) is 6.14.